The summed E-state index contributed by atoms with van der Waals surface area (Å²) in [6.45, 7) is 9.07. The molecule has 0 aliphatic heterocycles. The van der Waals surface area contributed by atoms with Crippen molar-refractivity contribution in [3.05, 3.63) is 154 Å². The molecule has 2 aliphatic rings. The van der Waals surface area contributed by atoms with Crippen LogP contribution in [0.15, 0.2) is 109 Å². The van der Waals surface area contributed by atoms with Gasteiger partial charge in [-0.1, -0.05) is 170 Å². The Bertz CT molecular complexity index is 1930. The first-order valence-electron chi connectivity index (χ1n) is 22.9. The minimum absolute atomic E-state index is 0.905. The highest BCUT2D eigenvalue weighted by Gasteiger charge is 2.16. The summed E-state index contributed by atoms with van der Waals surface area (Å²) in [6, 6.07) is 35.2. The van der Waals surface area contributed by atoms with Gasteiger partial charge < -0.3 is 0 Å². The standard InChI is InChI=1S/C29H36.C28H34/c1-3-5-7-9-25-10-12-26(13-11-25)14-15-27-18-22-29(23-19-27)28-20-16-24(17-21-28)8-6-4-2;1-3-5-7-23-9-11-25(12-10-23)13-14-26-17-21-28(22-18-26)27-19-15-24(16-20-27)8-6-4-2/h10-13,18-20,22-24H,3-9,16-17,21H2,1-2H3;9-12,17-19,21-22,24H,3-8,15-16,20H2,1-2H3. The molecule has 6 rings (SSSR count). The predicted octanol–water partition coefficient (Wildman–Crippen LogP) is 16.0. The van der Waals surface area contributed by atoms with Crippen molar-refractivity contribution in [2.45, 2.75) is 150 Å². The van der Waals surface area contributed by atoms with Gasteiger partial charge in [-0.05, 0) is 158 Å². The molecule has 0 saturated heterocycles. The van der Waals surface area contributed by atoms with E-state index in [1.165, 1.54) is 155 Å². The Labute approximate surface area is 348 Å². The van der Waals surface area contributed by atoms with Gasteiger partial charge in [0, 0.05) is 22.3 Å². The van der Waals surface area contributed by atoms with E-state index in [1.54, 1.807) is 0 Å². The second-order valence-electron chi connectivity index (χ2n) is 16.6. The fourth-order valence-electron chi connectivity index (χ4n) is 8.10. The van der Waals surface area contributed by atoms with Crippen LogP contribution in [0.1, 0.15) is 181 Å². The monoisotopic (exact) mass is 755 g/mol. The maximum Gasteiger partial charge on any atom is 0.0249 e. The van der Waals surface area contributed by atoms with Crippen LogP contribution >= 0.6 is 0 Å². The third kappa shape index (κ3) is 15.4. The van der Waals surface area contributed by atoms with E-state index in [4.69, 9.17) is 0 Å². The molecule has 0 saturated carbocycles. The van der Waals surface area contributed by atoms with Gasteiger partial charge in [0.2, 0.25) is 0 Å². The lowest BCUT2D eigenvalue weighted by molar-refractivity contribution is 0.434. The molecule has 0 spiro atoms. The molecule has 0 fully saturated rings. The summed E-state index contributed by atoms with van der Waals surface area (Å²) in [7, 11) is 0. The smallest absolute Gasteiger partial charge is 0.0249 e. The first-order chi connectivity index (χ1) is 28.1. The lowest BCUT2D eigenvalue weighted by atomic mass is 9.84. The average Bonchev–Trinajstić information content (AvgIpc) is 3.27. The van der Waals surface area contributed by atoms with Crippen molar-refractivity contribution >= 4 is 11.1 Å². The molecule has 0 radical (unpaired) electrons. The van der Waals surface area contributed by atoms with Crippen LogP contribution in [0.2, 0.25) is 0 Å². The van der Waals surface area contributed by atoms with Crippen molar-refractivity contribution in [3.63, 3.8) is 0 Å². The van der Waals surface area contributed by atoms with E-state index in [-0.39, 0.29) is 0 Å². The Morgan fingerprint density at radius 3 is 1.09 bits per heavy atom. The highest BCUT2D eigenvalue weighted by atomic mass is 14.2. The van der Waals surface area contributed by atoms with Gasteiger partial charge in [-0.3, -0.25) is 0 Å². The first-order valence-corrected chi connectivity index (χ1v) is 22.9. The van der Waals surface area contributed by atoms with Gasteiger partial charge in [0.05, 0.1) is 0 Å². The number of hydrogen-bond donors (Lipinski definition) is 0. The molecule has 0 aromatic heterocycles. The van der Waals surface area contributed by atoms with E-state index in [9.17, 15) is 0 Å². The van der Waals surface area contributed by atoms with Gasteiger partial charge in [0.25, 0.3) is 0 Å². The van der Waals surface area contributed by atoms with Crippen molar-refractivity contribution in [2.24, 2.45) is 11.8 Å². The lowest BCUT2D eigenvalue weighted by Gasteiger charge is -2.22. The van der Waals surface area contributed by atoms with Crippen molar-refractivity contribution < 1.29 is 0 Å². The minimum atomic E-state index is 0.905. The summed E-state index contributed by atoms with van der Waals surface area (Å²) in [6.07, 6.45) is 29.5. The molecule has 57 heavy (non-hydrogen) atoms. The molecular formula is C57H70. The first kappa shape index (κ1) is 43.6. The largest absolute Gasteiger partial charge is 0.0804 e. The molecule has 2 aliphatic carbocycles. The SMILES string of the molecule is CCCCCc1ccc(C#Cc2ccc(C3=CCC(CCCC)CC3)cc2)cc1.CCCCc1ccc(C#Cc2ccc(C3=CCC(CCCC)CC3)cc2)cc1. The number of benzene rings is 4. The molecular weight excluding hydrogens is 685 g/mol. The maximum atomic E-state index is 3.32. The van der Waals surface area contributed by atoms with Crippen LogP contribution in [-0.4, -0.2) is 0 Å². The van der Waals surface area contributed by atoms with Crippen LogP contribution in [0.25, 0.3) is 11.1 Å². The van der Waals surface area contributed by atoms with Crippen LogP contribution in [0.5, 0.6) is 0 Å². The average molecular weight is 755 g/mol. The van der Waals surface area contributed by atoms with Crippen LogP contribution in [0.4, 0.5) is 0 Å². The second kappa shape index (κ2) is 25.0. The molecule has 0 amide bonds. The third-order valence-corrected chi connectivity index (χ3v) is 12.0. The van der Waals surface area contributed by atoms with Crippen molar-refractivity contribution in [2.75, 3.05) is 0 Å². The Hall–Kier alpha value is -4.52. The fourth-order valence-corrected chi connectivity index (χ4v) is 8.10. The predicted molar refractivity (Wildman–Crippen MR) is 249 cm³/mol. The number of hydrogen-bond acceptors (Lipinski definition) is 0. The van der Waals surface area contributed by atoms with Crippen molar-refractivity contribution in [1.29, 1.82) is 0 Å². The van der Waals surface area contributed by atoms with Crippen LogP contribution in [0.3, 0.4) is 0 Å². The lowest BCUT2D eigenvalue weighted by Crippen LogP contribution is -2.05. The van der Waals surface area contributed by atoms with Crippen LogP contribution in [-0.2, 0) is 12.8 Å². The summed E-state index contributed by atoms with van der Waals surface area (Å²) >= 11 is 0. The highest BCUT2D eigenvalue weighted by molar-refractivity contribution is 5.68. The van der Waals surface area contributed by atoms with Gasteiger partial charge in [-0.2, -0.15) is 0 Å². The zero-order valence-corrected chi connectivity index (χ0v) is 36.0. The number of aryl methyl sites for hydroxylation is 2. The van der Waals surface area contributed by atoms with E-state index in [0.29, 0.717) is 0 Å². The van der Waals surface area contributed by atoms with Gasteiger partial charge >= 0.3 is 0 Å². The second-order valence-corrected chi connectivity index (χ2v) is 16.6. The van der Waals surface area contributed by atoms with E-state index in [2.05, 4.69) is 161 Å². The van der Waals surface area contributed by atoms with E-state index in [0.717, 1.165) is 34.1 Å². The fraction of sp³-hybridized carbons (Fsp3) is 0.439. The summed E-state index contributed by atoms with van der Waals surface area (Å²) in [4.78, 5) is 0. The Kier molecular flexibility index (Phi) is 19.1. The molecule has 4 aromatic rings. The molecule has 2 unspecified atom stereocenters. The van der Waals surface area contributed by atoms with Gasteiger partial charge in [0.15, 0.2) is 0 Å². The zero-order chi connectivity index (χ0) is 39.9. The molecule has 0 heteroatoms. The minimum Gasteiger partial charge on any atom is -0.0804 e. The topological polar surface area (TPSA) is 0 Å². The summed E-state index contributed by atoms with van der Waals surface area (Å²) in [5.41, 5.74) is 13.0. The van der Waals surface area contributed by atoms with Gasteiger partial charge in [-0.15, -0.1) is 0 Å². The van der Waals surface area contributed by atoms with Gasteiger partial charge in [-0.25, -0.2) is 0 Å². The molecule has 0 bridgehead atoms. The maximum absolute atomic E-state index is 3.32. The molecule has 298 valence electrons. The molecule has 0 heterocycles. The Morgan fingerprint density at radius 2 is 0.754 bits per heavy atom. The number of allylic oxidation sites excluding steroid dienone is 4. The third-order valence-electron chi connectivity index (χ3n) is 12.0. The van der Waals surface area contributed by atoms with E-state index < -0.39 is 0 Å². The molecule has 0 N–H and O–H groups in total. The highest BCUT2D eigenvalue weighted by Crippen LogP contribution is 2.34. The summed E-state index contributed by atoms with van der Waals surface area (Å²) < 4.78 is 0. The summed E-state index contributed by atoms with van der Waals surface area (Å²) in [5, 5.41) is 0. The van der Waals surface area contributed by atoms with E-state index in [1.807, 2.05) is 0 Å². The quantitative estimate of drug-likeness (QED) is 0.0837. The van der Waals surface area contributed by atoms with Gasteiger partial charge in [0.1, 0.15) is 0 Å². The van der Waals surface area contributed by atoms with Crippen molar-refractivity contribution in [1.82, 2.24) is 0 Å². The van der Waals surface area contributed by atoms with Crippen LogP contribution in [0, 0.1) is 35.5 Å². The molecule has 4 aromatic carbocycles. The summed E-state index contributed by atoms with van der Waals surface area (Å²) in [5.74, 6) is 15.1. The van der Waals surface area contributed by atoms with Crippen LogP contribution < -0.4 is 0 Å². The van der Waals surface area contributed by atoms with E-state index >= 15 is 0 Å². The molecule has 2 atom stereocenters. The number of unbranched alkanes of at least 4 members (excludes halogenated alkanes) is 5. The normalized spacial score (nSPS) is 16.1. The zero-order valence-electron chi connectivity index (χ0n) is 36.0. The molecule has 0 nitrogen and oxygen atoms in total. The number of rotatable bonds is 15. The Balaban J connectivity index is 0.000000218. The van der Waals surface area contributed by atoms with Crippen molar-refractivity contribution in [3.8, 4) is 23.7 Å². The Morgan fingerprint density at radius 1 is 0.404 bits per heavy atom.